The number of hydrogen-bond donors (Lipinski definition) is 1. The number of aromatic nitrogens is 1. The average Bonchev–Trinajstić information content (AvgIpc) is 2.77. The van der Waals surface area contributed by atoms with Gasteiger partial charge in [-0.1, -0.05) is 20.3 Å². The zero-order chi connectivity index (χ0) is 13.7. The molecule has 0 aromatic carbocycles. The Hall–Kier alpha value is -0.450. The molecule has 1 aromatic rings. The molecule has 0 radical (unpaired) electrons. The van der Waals surface area contributed by atoms with Gasteiger partial charge in [-0.25, -0.2) is 4.98 Å². The molecule has 3 nitrogen and oxygen atoms in total. The highest BCUT2D eigenvalue weighted by molar-refractivity contribution is 7.09. The Bertz CT molecular complexity index is 375. The second-order valence-corrected chi connectivity index (χ2v) is 7.00. The van der Waals surface area contributed by atoms with Gasteiger partial charge in [-0.15, -0.1) is 11.3 Å². The molecule has 1 unspecified atom stereocenters. The van der Waals surface area contributed by atoms with Gasteiger partial charge in [-0.2, -0.15) is 0 Å². The van der Waals surface area contributed by atoms with Crippen molar-refractivity contribution in [1.82, 2.24) is 15.2 Å². The fraction of sp³-hybridized carbons (Fsp3) is 0.800. The molecule has 1 N–H and O–H groups in total. The molecule has 19 heavy (non-hydrogen) atoms. The minimum Gasteiger partial charge on any atom is -0.315 e. The second kappa shape index (κ2) is 7.36. The molecule has 2 rings (SSSR count). The number of thiazole rings is 1. The van der Waals surface area contributed by atoms with Crippen LogP contribution in [0.3, 0.4) is 0 Å². The van der Waals surface area contributed by atoms with Crippen LogP contribution in [-0.2, 0) is 6.54 Å². The molecule has 1 atom stereocenters. The largest absolute Gasteiger partial charge is 0.315 e. The van der Waals surface area contributed by atoms with Gasteiger partial charge in [0, 0.05) is 23.7 Å². The molecular formula is C15H27N3S. The summed E-state index contributed by atoms with van der Waals surface area (Å²) in [4.78, 5) is 7.22. The number of piperidine rings is 1. The maximum Gasteiger partial charge on any atom is 0.107 e. The van der Waals surface area contributed by atoms with Crippen LogP contribution >= 0.6 is 11.3 Å². The summed E-state index contributed by atoms with van der Waals surface area (Å²) in [7, 11) is 0. The van der Waals surface area contributed by atoms with Crippen molar-refractivity contribution in [3.05, 3.63) is 16.1 Å². The molecule has 0 amide bonds. The third kappa shape index (κ3) is 4.86. The van der Waals surface area contributed by atoms with Crippen molar-refractivity contribution >= 4 is 11.3 Å². The molecule has 0 bridgehead atoms. The standard InChI is InChI=1S/C15H27N3S/c1-12(2)8-16-9-14-6-4-5-7-18(14)10-15-17-13(3)11-19-15/h11-12,14,16H,4-10H2,1-3H3. The minimum atomic E-state index is 0.691. The van der Waals surface area contributed by atoms with E-state index >= 15 is 0 Å². The van der Waals surface area contributed by atoms with Gasteiger partial charge in [-0.3, -0.25) is 4.90 Å². The highest BCUT2D eigenvalue weighted by Crippen LogP contribution is 2.20. The van der Waals surface area contributed by atoms with E-state index in [9.17, 15) is 0 Å². The Kier molecular flexibility index (Phi) is 5.79. The Morgan fingerprint density at radius 1 is 1.47 bits per heavy atom. The first-order valence-electron chi connectivity index (χ1n) is 7.51. The summed E-state index contributed by atoms with van der Waals surface area (Å²) in [6, 6.07) is 0.691. The van der Waals surface area contributed by atoms with E-state index < -0.39 is 0 Å². The zero-order valence-electron chi connectivity index (χ0n) is 12.5. The molecule has 0 aliphatic carbocycles. The average molecular weight is 281 g/mol. The number of likely N-dealkylation sites (tertiary alicyclic amines) is 1. The van der Waals surface area contributed by atoms with Gasteiger partial charge in [0.2, 0.25) is 0 Å². The second-order valence-electron chi connectivity index (χ2n) is 6.05. The van der Waals surface area contributed by atoms with Crippen molar-refractivity contribution in [2.45, 2.75) is 52.6 Å². The summed E-state index contributed by atoms with van der Waals surface area (Å²) in [5.74, 6) is 0.735. The van der Waals surface area contributed by atoms with Crippen molar-refractivity contribution in [3.8, 4) is 0 Å². The van der Waals surface area contributed by atoms with Crippen LogP contribution in [0.1, 0.15) is 43.8 Å². The molecular weight excluding hydrogens is 254 g/mol. The summed E-state index contributed by atoms with van der Waals surface area (Å²) < 4.78 is 0. The smallest absolute Gasteiger partial charge is 0.107 e. The SMILES string of the molecule is Cc1csc(CN2CCCCC2CNCC(C)C)n1. The van der Waals surface area contributed by atoms with Gasteiger partial charge in [0.15, 0.2) is 0 Å². The van der Waals surface area contributed by atoms with Gasteiger partial charge in [0.1, 0.15) is 5.01 Å². The van der Waals surface area contributed by atoms with E-state index in [2.05, 4.69) is 41.4 Å². The van der Waals surface area contributed by atoms with Crippen molar-refractivity contribution in [2.75, 3.05) is 19.6 Å². The molecule has 0 spiro atoms. The van der Waals surface area contributed by atoms with Gasteiger partial charge in [0.05, 0.1) is 6.54 Å². The van der Waals surface area contributed by atoms with Crippen molar-refractivity contribution in [2.24, 2.45) is 5.92 Å². The fourth-order valence-corrected chi connectivity index (χ4v) is 3.48. The predicted octanol–water partition coefficient (Wildman–Crippen LogP) is 3.05. The minimum absolute atomic E-state index is 0.691. The Balaban J connectivity index is 1.84. The molecule has 2 heterocycles. The van der Waals surface area contributed by atoms with E-state index in [1.165, 1.54) is 30.8 Å². The number of nitrogens with one attached hydrogen (secondary N) is 1. The first-order valence-corrected chi connectivity index (χ1v) is 8.39. The van der Waals surface area contributed by atoms with Crippen molar-refractivity contribution < 1.29 is 0 Å². The topological polar surface area (TPSA) is 28.2 Å². The molecule has 108 valence electrons. The van der Waals surface area contributed by atoms with Crippen LogP contribution in [0, 0.1) is 12.8 Å². The summed E-state index contributed by atoms with van der Waals surface area (Å²) in [5.41, 5.74) is 1.16. The molecule has 0 saturated carbocycles. The van der Waals surface area contributed by atoms with E-state index in [1.54, 1.807) is 11.3 Å². The van der Waals surface area contributed by atoms with Crippen LogP contribution in [0.15, 0.2) is 5.38 Å². The first kappa shape index (κ1) is 14.9. The molecule has 1 fully saturated rings. The highest BCUT2D eigenvalue weighted by Gasteiger charge is 2.22. The highest BCUT2D eigenvalue weighted by atomic mass is 32.1. The molecule has 1 aromatic heterocycles. The van der Waals surface area contributed by atoms with E-state index in [4.69, 9.17) is 0 Å². The Labute approximate surface area is 121 Å². The summed E-state index contributed by atoms with van der Waals surface area (Å²) >= 11 is 1.80. The summed E-state index contributed by atoms with van der Waals surface area (Å²) in [6.07, 6.45) is 4.04. The lowest BCUT2D eigenvalue weighted by atomic mass is 10.0. The molecule has 1 saturated heterocycles. The Morgan fingerprint density at radius 3 is 3.00 bits per heavy atom. The summed E-state index contributed by atoms with van der Waals surface area (Å²) in [5, 5.41) is 7.05. The number of nitrogens with zero attached hydrogens (tertiary/aromatic N) is 2. The van der Waals surface area contributed by atoms with Crippen LogP contribution in [0.4, 0.5) is 0 Å². The number of aryl methyl sites for hydroxylation is 1. The third-order valence-corrected chi connectivity index (χ3v) is 4.64. The number of rotatable bonds is 6. The molecule has 1 aliphatic heterocycles. The Morgan fingerprint density at radius 2 is 2.32 bits per heavy atom. The maximum atomic E-state index is 4.60. The van der Waals surface area contributed by atoms with E-state index in [1.807, 2.05) is 0 Å². The lowest BCUT2D eigenvalue weighted by molar-refractivity contribution is 0.136. The van der Waals surface area contributed by atoms with Crippen LogP contribution in [0.5, 0.6) is 0 Å². The van der Waals surface area contributed by atoms with Gasteiger partial charge >= 0.3 is 0 Å². The van der Waals surface area contributed by atoms with E-state index in [0.29, 0.717) is 6.04 Å². The quantitative estimate of drug-likeness (QED) is 0.868. The third-order valence-electron chi connectivity index (χ3n) is 3.69. The zero-order valence-corrected chi connectivity index (χ0v) is 13.3. The fourth-order valence-electron chi connectivity index (χ4n) is 2.69. The first-order chi connectivity index (χ1) is 9.15. The lowest BCUT2D eigenvalue weighted by Gasteiger charge is -2.35. The maximum absolute atomic E-state index is 4.60. The van der Waals surface area contributed by atoms with Crippen molar-refractivity contribution in [1.29, 1.82) is 0 Å². The number of hydrogen-bond acceptors (Lipinski definition) is 4. The lowest BCUT2D eigenvalue weighted by Crippen LogP contribution is -2.45. The summed E-state index contributed by atoms with van der Waals surface area (Å²) in [6.45, 7) is 11.1. The predicted molar refractivity (Wildman–Crippen MR) is 82.6 cm³/mol. The normalized spacial score (nSPS) is 21.2. The van der Waals surface area contributed by atoms with Crippen molar-refractivity contribution in [3.63, 3.8) is 0 Å². The van der Waals surface area contributed by atoms with Crippen LogP contribution in [0.2, 0.25) is 0 Å². The van der Waals surface area contributed by atoms with Crippen LogP contribution < -0.4 is 5.32 Å². The van der Waals surface area contributed by atoms with Gasteiger partial charge in [0.25, 0.3) is 0 Å². The van der Waals surface area contributed by atoms with Gasteiger partial charge in [-0.05, 0) is 38.8 Å². The van der Waals surface area contributed by atoms with E-state index in [0.717, 1.165) is 31.2 Å². The van der Waals surface area contributed by atoms with Crippen LogP contribution in [0.25, 0.3) is 0 Å². The molecule has 1 aliphatic rings. The molecule has 4 heteroatoms. The van der Waals surface area contributed by atoms with Gasteiger partial charge < -0.3 is 5.32 Å². The van der Waals surface area contributed by atoms with Crippen LogP contribution in [-0.4, -0.2) is 35.6 Å². The monoisotopic (exact) mass is 281 g/mol. The van der Waals surface area contributed by atoms with E-state index in [-0.39, 0.29) is 0 Å².